The molecule has 1 aromatic carbocycles. The van der Waals surface area contributed by atoms with Gasteiger partial charge in [-0.3, -0.25) is 0 Å². The van der Waals surface area contributed by atoms with Crippen LogP contribution in [-0.4, -0.2) is 43.2 Å². The summed E-state index contributed by atoms with van der Waals surface area (Å²) in [6.45, 7) is 0. The van der Waals surface area contributed by atoms with Gasteiger partial charge < -0.3 is 20.4 Å². The minimum atomic E-state index is -0.850. The second-order valence-corrected chi connectivity index (χ2v) is 5.11. The van der Waals surface area contributed by atoms with E-state index in [-0.39, 0.29) is 16.0 Å². The van der Waals surface area contributed by atoms with Crippen molar-refractivity contribution < 1.29 is 20.4 Å². The Kier molecular flexibility index (Phi) is 3.29. The van der Waals surface area contributed by atoms with Gasteiger partial charge in [-0.2, -0.15) is 0 Å². The van der Waals surface area contributed by atoms with E-state index in [4.69, 9.17) is 7.85 Å². The maximum absolute atomic E-state index is 10.1. The Morgan fingerprint density at radius 3 is 2.41 bits per heavy atom. The summed E-state index contributed by atoms with van der Waals surface area (Å²) in [5.74, 6) is -3.02. The fourth-order valence-corrected chi connectivity index (χ4v) is 2.41. The van der Waals surface area contributed by atoms with Gasteiger partial charge in [0.05, 0.1) is 11.3 Å². The average molecular weight is 360 g/mol. The Labute approximate surface area is 133 Å². The molecule has 0 bridgehead atoms. The Hall–Kier alpha value is -2.55. The molecule has 0 unspecified atom stereocenters. The number of phenolic OH excluding ortho intramolecular Hbond substituents is 4. The van der Waals surface area contributed by atoms with E-state index in [1.807, 2.05) is 0 Å². The van der Waals surface area contributed by atoms with E-state index < -0.39 is 28.5 Å². The van der Waals surface area contributed by atoms with Crippen LogP contribution in [0.4, 0.5) is 0 Å². The highest BCUT2D eigenvalue weighted by Crippen LogP contribution is 2.47. The monoisotopic (exact) mass is 359 g/mol. The normalized spacial score (nSPS) is 11.0. The van der Waals surface area contributed by atoms with E-state index in [0.29, 0.717) is 11.0 Å². The number of aromatic nitrogens is 3. The van der Waals surface area contributed by atoms with Gasteiger partial charge >= 0.3 is 0 Å². The summed E-state index contributed by atoms with van der Waals surface area (Å²) in [6, 6.07) is 3.25. The van der Waals surface area contributed by atoms with Crippen molar-refractivity contribution in [3.8, 4) is 34.3 Å². The lowest BCUT2D eigenvalue weighted by Crippen LogP contribution is -2.06. The van der Waals surface area contributed by atoms with Crippen LogP contribution < -0.4 is 5.46 Å². The second-order valence-electron chi connectivity index (χ2n) is 4.40. The molecule has 3 rings (SSSR count). The van der Waals surface area contributed by atoms with Crippen LogP contribution in [0, 0.1) is 0 Å². The van der Waals surface area contributed by atoms with Gasteiger partial charge in [-0.1, -0.05) is 0 Å². The molecule has 22 heavy (non-hydrogen) atoms. The lowest BCUT2D eigenvalue weighted by Gasteiger charge is -2.14. The first kappa shape index (κ1) is 14.4. The topological polar surface area (TPSA) is 120 Å². The van der Waals surface area contributed by atoms with E-state index >= 15 is 0 Å². The zero-order valence-electron chi connectivity index (χ0n) is 10.8. The number of fused-ring (bicyclic) bond motifs is 1. The maximum atomic E-state index is 10.1. The number of hydrogen-bond acceptors (Lipinski definition) is 7. The zero-order valence-corrected chi connectivity index (χ0v) is 12.4. The molecular formula is C13H7BBrN3O4. The van der Waals surface area contributed by atoms with Crippen LogP contribution in [0.2, 0.25) is 0 Å². The number of nitrogens with zero attached hydrogens (tertiary/aromatic N) is 3. The molecule has 2 aromatic heterocycles. The molecule has 0 aliphatic heterocycles. The fourth-order valence-electron chi connectivity index (χ4n) is 2.07. The van der Waals surface area contributed by atoms with Gasteiger partial charge in [0, 0.05) is 11.6 Å². The summed E-state index contributed by atoms with van der Waals surface area (Å²) in [5, 5.41) is 39.9. The lowest BCUT2D eigenvalue weighted by atomic mass is 9.89. The Balaban J connectivity index is 2.48. The number of benzene rings is 1. The summed E-state index contributed by atoms with van der Waals surface area (Å²) in [4.78, 5) is 12.2. The largest absolute Gasteiger partial charge is 0.508 e. The third kappa shape index (κ3) is 2.01. The molecule has 108 valence electrons. The van der Waals surface area contributed by atoms with Gasteiger partial charge in [-0.15, -0.1) is 0 Å². The minimum Gasteiger partial charge on any atom is -0.508 e. The third-order valence-electron chi connectivity index (χ3n) is 3.11. The molecule has 0 atom stereocenters. The quantitative estimate of drug-likeness (QED) is 0.222. The van der Waals surface area contributed by atoms with Crippen LogP contribution >= 0.6 is 15.9 Å². The van der Waals surface area contributed by atoms with Crippen molar-refractivity contribution in [2.45, 2.75) is 0 Å². The molecule has 0 spiro atoms. The fraction of sp³-hybridized carbons (Fsp3) is 0. The summed E-state index contributed by atoms with van der Waals surface area (Å²) in [7, 11) is 5.53. The molecule has 0 fully saturated rings. The molecule has 4 N–H and O–H groups in total. The molecule has 0 amide bonds. The number of pyridine rings is 1. The van der Waals surface area contributed by atoms with E-state index in [2.05, 4.69) is 30.9 Å². The van der Waals surface area contributed by atoms with Crippen molar-refractivity contribution in [3.63, 3.8) is 0 Å². The van der Waals surface area contributed by atoms with Crippen LogP contribution in [0.3, 0.4) is 0 Å². The molecule has 2 radical (unpaired) electrons. The van der Waals surface area contributed by atoms with Crippen LogP contribution in [0.15, 0.2) is 23.1 Å². The molecule has 3 aromatic rings. The van der Waals surface area contributed by atoms with Gasteiger partial charge in [0.1, 0.15) is 13.6 Å². The third-order valence-corrected chi connectivity index (χ3v) is 3.47. The first-order chi connectivity index (χ1) is 10.4. The number of hydrogen-bond donors (Lipinski definition) is 4. The van der Waals surface area contributed by atoms with Crippen molar-refractivity contribution in [2.75, 3.05) is 0 Å². The van der Waals surface area contributed by atoms with Gasteiger partial charge in [0.15, 0.2) is 21.9 Å². The first-order valence-corrected chi connectivity index (χ1v) is 6.75. The Morgan fingerprint density at radius 1 is 0.955 bits per heavy atom. The lowest BCUT2D eigenvalue weighted by molar-refractivity contribution is 0.365. The smallest absolute Gasteiger partial charge is 0.200 e. The van der Waals surface area contributed by atoms with Crippen molar-refractivity contribution in [2.24, 2.45) is 0 Å². The minimum absolute atomic E-state index is 0.0991. The molecule has 0 saturated carbocycles. The maximum Gasteiger partial charge on any atom is 0.200 e. The Morgan fingerprint density at radius 2 is 1.68 bits per heavy atom. The van der Waals surface area contributed by atoms with E-state index in [9.17, 15) is 20.4 Å². The molecule has 7 nitrogen and oxygen atoms in total. The molecular weight excluding hydrogens is 353 g/mol. The van der Waals surface area contributed by atoms with E-state index in [0.717, 1.165) is 0 Å². The predicted octanol–water partition coefficient (Wildman–Crippen LogP) is 1.07. The molecule has 2 heterocycles. The van der Waals surface area contributed by atoms with E-state index in [1.54, 1.807) is 12.1 Å². The predicted molar refractivity (Wildman–Crippen MR) is 82.5 cm³/mol. The summed E-state index contributed by atoms with van der Waals surface area (Å²) >= 11 is 3.11. The van der Waals surface area contributed by atoms with Gasteiger partial charge in [0.2, 0.25) is 5.75 Å². The van der Waals surface area contributed by atoms with Crippen LogP contribution in [-0.2, 0) is 0 Å². The number of rotatable bonds is 1. The van der Waals surface area contributed by atoms with Crippen molar-refractivity contribution >= 4 is 40.3 Å². The highest BCUT2D eigenvalue weighted by atomic mass is 79.9. The van der Waals surface area contributed by atoms with Gasteiger partial charge in [-0.25, -0.2) is 15.0 Å². The Bertz CT molecular complexity index is 890. The SMILES string of the molecule is [B]c1c(O)c(O)c(O)c(-c2nc(Br)nc3ncccc23)c1O. The average Bonchev–Trinajstić information content (AvgIpc) is 2.51. The zero-order chi connectivity index (χ0) is 16.0. The molecule has 0 saturated heterocycles. The van der Waals surface area contributed by atoms with Gasteiger partial charge in [-0.05, 0) is 33.5 Å². The van der Waals surface area contributed by atoms with Crippen molar-refractivity contribution in [1.29, 1.82) is 0 Å². The number of halogens is 1. The highest BCUT2D eigenvalue weighted by Gasteiger charge is 2.24. The summed E-state index contributed by atoms with van der Waals surface area (Å²) < 4.78 is 0.165. The van der Waals surface area contributed by atoms with Crippen molar-refractivity contribution in [3.05, 3.63) is 23.1 Å². The highest BCUT2D eigenvalue weighted by molar-refractivity contribution is 9.10. The first-order valence-electron chi connectivity index (χ1n) is 5.95. The standard InChI is InChI=1S/C13H7BBrN3O4/c14-6-8(19)5(9(20)11(22)10(6)21)7-4-2-1-3-16-12(4)18-13(15)17-7/h1-3,19-22H. The van der Waals surface area contributed by atoms with Crippen LogP contribution in [0.1, 0.15) is 0 Å². The molecule has 0 aliphatic carbocycles. The van der Waals surface area contributed by atoms with Crippen molar-refractivity contribution in [1.82, 2.24) is 15.0 Å². The second kappa shape index (κ2) is 5.02. The molecule has 9 heteroatoms. The van der Waals surface area contributed by atoms with Crippen LogP contribution in [0.25, 0.3) is 22.3 Å². The molecule has 0 aliphatic rings. The van der Waals surface area contributed by atoms with E-state index in [1.165, 1.54) is 6.20 Å². The summed E-state index contributed by atoms with van der Waals surface area (Å²) in [6.07, 6.45) is 1.52. The van der Waals surface area contributed by atoms with Gasteiger partial charge in [0.25, 0.3) is 0 Å². The number of aromatic hydroxyl groups is 4. The number of phenols is 4. The summed E-state index contributed by atoms with van der Waals surface area (Å²) in [5.41, 5.74) is -0.294. The van der Waals surface area contributed by atoms with Crippen LogP contribution in [0.5, 0.6) is 23.0 Å².